The number of hydrogen-bond donors (Lipinski definition) is 2. The van der Waals surface area contributed by atoms with Crippen LogP contribution >= 0.6 is 0 Å². The van der Waals surface area contributed by atoms with Crippen molar-refractivity contribution in [3.63, 3.8) is 0 Å². The van der Waals surface area contributed by atoms with Crippen LogP contribution in [0.5, 0.6) is 5.75 Å². The summed E-state index contributed by atoms with van der Waals surface area (Å²) in [7, 11) is 1.40. The third kappa shape index (κ3) is 10.3. The molecular weight excluding hydrogens is 407 g/mol. The van der Waals surface area contributed by atoms with E-state index in [1.165, 1.54) is 31.4 Å². The number of alkyl carbamates (subject to hydrolysis) is 1. The maximum atomic E-state index is 13.3. The van der Waals surface area contributed by atoms with Crippen LogP contribution in [-0.4, -0.2) is 55.3 Å². The maximum Gasteiger partial charge on any atom is 0.407 e. The zero-order valence-electron chi connectivity index (χ0n) is 19.0. The maximum absolute atomic E-state index is 13.3. The van der Waals surface area contributed by atoms with E-state index in [0.29, 0.717) is 6.42 Å². The number of methoxy groups -OCH3 is 1. The van der Waals surface area contributed by atoms with Crippen molar-refractivity contribution in [2.75, 3.05) is 20.3 Å². The standard InChI is InChI=1S/C22H33FN2O6/c1-21(2,3)31-20(28)24-12-8-11-17(25-19(27)22(4,5)29-6)18(26)14-30-16-10-7-9-15(23)13-16/h7,9-10,13,17H,8,11-12,14H2,1-6H3,(H,24,28)(H,25,27)/t17-/m0/s1. The van der Waals surface area contributed by atoms with E-state index in [-0.39, 0.29) is 31.1 Å². The van der Waals surface area contributed by atoms with Crippen LogP contribution in [0.15, 0.2) is 24.3 Å². The molecule has 2 N–H and O–H groups in total. The molecule has 0 fully saturated rings. The van der Waals surface area contributed by atoms with Crippen molar-refractivity contribution >= 4 is 17.8 Å². The fraction of sp³-hybridized carbons (Fsp3) is 0.591. The number of ketones is 1. The van der Waals surface area contributed by atoms with E-state index in [0.717, 1.165) is 0 Å². The lowest BCUT2D eigenvalue weighted by molar-refractivity contribution is -0.142. The number of amides is 2. The monoisotopic (exact) mass is 440 g/mol. The Labute approximate surface area is 182 Å². The van der Waals surface area contributed by atoms with Gasteiger partial charge in [-0.05, 0) is 59.6 Å². The molecule has 0 spiro atoms. The van der Waals surface area contributed by atoms with E-state index in [4.69, 9.17) is 14.2 Å². The van der Waals surface area contributed by atoms with Crippen molar-refractivity contribution in [3.05, 3.63) is 30.1 Å². The normalized spacial score (nSPS) is 12.6. The lowest BCUT2D eigenvalue weighted by atomic mass is 10.0. The molecule has 1 atom stereocenters. The van der Waals surface area contributed by atoms with Crippen molar-refractivity contribution in [3.8, 4) is 5.75 Å². The summed E-state index contributed by atoms with van der Waals surface area (Å²) in [4.78, 5) is 36.9. The minimum absolute atomic E-state index is 0.210. The summed E-state index contributed by atoms with van der Waals surface area (Å²) in [5, 5.41) is 5.28. The van der Waals surface area contributed by atoms with Gasteiger partial charge in [0.05, 0.1) is 6.04 Å². The molecule has 0 aliphatic rings. The second kappa shape index (κ2) is 11.6. The summed E-state index contributed by atoms with van der Waals surface area (Å²) in [6.07, 6.45) is 0.102. The van der Waals surface area contributed by atoms with Crippen LogP contribution < -0.4 is 15.4 Å². The quantitative estimate of drug-likeness (QED) is 0.513. The number of halogens is 1. The van der Waals surface area contributed by atoms with Gasteiger partial charge in [-0.2, -0.15) is 0 Å². The van der Waals surface area contributed by atoms with Gasteiger partial charge in [0.15, 0.2) is 5.78 Å². The van der Waals surface area contributed by atoms with E-state index in [9.17, 15) is 18.8 Å². The van der Waals surface area contributed by atoms with Crippen molar-refractivity contribution in [2.45, 2.75) is 64.7 Å². The number of ether oxygens (including phenoxy) is 3. The molecule has 0 bridgehead atoms. The smallest absolute Gasteiger partial charge is 0.407 e. The average Bonchev–Trinajstić information content (AvgIpc) is 2.66. The van der Waals surface area contributed by atoms with Gasteiger partial charge in [-0.1, -0.05) is 6.07 Å². The molecular formula is C22H33FN2O6. The molecule has 0 unspecified atom stereocenters. The molecule has 174 valence electrons. The predicted molar refractivity (Wildman–Crippen MR) is 113 cm³/mol. The van der Waals surface area contributed by atoms with Crippen LogP contribution in [0.1, 0.15) is 47.5 Å². The second-order valence-corrected chi connectivity index (χ2v) is 8.52. The minimum atomic E-state index is -1.13. The van der Waals surface area contributed by atoms with E-state index in [2.05, 4.69) is 10.6 Å². The summed E-state index contributed by atoms with van der Waals surface area (Å²) in [5.41, 5.74) is -1.74. The Morgan fingerprint density at radius 2 is 1.81 bits per heavy atom. The average molecular weight is 441 g/mol. The lowest BCUT2D eigenvalue weighted by Crippen LogP contribution is -2.51. The van der Waals surface area contributed by atoms with Gasteiger partial charge in [0.1, 0.15) is 29.4 Å². The van der Waals surface area contributed by atoms with Crippen LogP contribution in [0.2, 0.25) is 0 Å². The summed E-state index contributed by atoms with van der Waals surface area (Å²) in [6.45, 7) is 8.34. The SMILES string of the molecule is COC(C)(C)C(=O)N[C@@H](CCCNC(=O)OC(C)(C)C)C(=O)COc1cccc(F)c1. The van der Waals surface area contributed by atoms with Gasteiger partial charge >= 0.3 is 6.09 Å². The molecule has 0 aromatic heterocycles. The fourth-order valence-electron chi connectivity index (χ4n) is 2.36. The Balaban J connectivity index is 2.68. The van der Waals surface area contributed by atoms with Crippen molar-refractivity contribution in [1.29, 1.82) is 0 Å². The van der Waals surface area contributed by atoms with E-state index in [1.807, 2.05) is 0 Å². The number of carbonyl (C=O) groups excluding carboxylic acids is 3. The summed E-state index contributed by atoms with van der Waals surface area (Å²) in [6, 6.07) is 4.57. The van der Waals surface area contributed by atoms with Crippen LogP contribution in [0.25, 0.3) is 0 Å². The number of hydrogen-bond acceptors (Lipinski definition) is 6. The van der Waals surface area contributed by atoms with Crippen molar-refractivity contribution < 1.29 is 33.0 Å². The molecule has 1 aromatic carbocycles. The minimum Gasteiger partial charge on any atom is -0.486 e. The topological polar surface area (TPSA) is 103 Å². The second-order valence-electron chi connectivity index (χ2n) is 8.52. The molecule has 2 amide bonds. The highest BCUT2D eigenvalue weighted by molar-refractivity contribution is 5.92. The van der Waals surface area contributed by atoms with Gasteiger partial charge < -0.3 is 24.8 Å². The molecule has 1 rings (SSSR count). The third-order valence-electron chi connectivity index (χ3n) is 4.27. The molecule has 31 heavy (non-hydrogen) atoms. The van der Waals surface area contributed by atoms with Gasteiger partial charge in [0.2, 0.25) is 0 Å². The van der Waals surface area contributed by atoms with E-state index in [1.54, 1.807) is 34.6 Å². The van der Waals surface area contributed by atoms with Crippen LogP contribution in [-0.2, 0) is 19.1 Å². The Morgan fingerprint density at radius 1 is 1.13 bits per heavy atom. The summed E-state index contributed by atoms with van der Waals surface area (Å²) in [5.74, 6) is -1.12. The first-order chi connectivity index (χ1) is 14.3. The van der Waals surface area contributed by atoms with E-state index >= 15 is 0 Å². The van der Waals surface area contributed by atoms with Crippen LogP contribution in [0.3, 0.4) is 0 Å². The van der Waals surface area contributed by atoms with Gasteiger partial charge in [-0.15, -0.1) is 0 Å². The summed E-state index contributed by atoms with van der Waals surface area (Å²) >= 11 is 0. The predicted octanol–water partition coefficient (Wildman–Crippen LogP) is 2.99. The van der Waals surface area contributed by atoms with Crippen LogP contribution in [0.4, 0.5) is 9.18 Å². The van der Waals surface area contributed by atoms with Gasteiger partial charge in [-0.25, -0.2) is 9.18 Å². The molecule has 0 aliphatic carbocycles. The highest BCUT2D eigenvalue weighted by atomic mass is 19.1. The zero-order valence-corrected chi connectivity index (χ0v) is 19.0. The number of nitrogens with one attached hydrogen (secondary N) is 2. The Bertz CT molecular complexity index is 761. The number of Topliss-reactive ketones (excluding diaryl/α,β-unsaturated/α-hetero) is 1. The lowest BCUT2D eigenvalue weighted by Gasteiger charge is -2.26. The van der Waals surface area contributed by atoms with Crippen molar-refractivity contribution in [2.24, 2.45) is 0 Å². The Hall–Kier alpha value is -2.68. The zero-order chi connectivity index (χ0) is 23.7. The third-order valence-corrected chi connectivity index (χ3v) is 4.27. The molecule has 8 nitrogen and oxygen atoms in total. The van der Waals surface area contributed by atoms with Gasteiger partial charge in [0, 0.05) is 19.7 Å². The highest BCUT2D eigenvalue weighted by Gasteiger charge is 2.31. The largest absolute Gasteiger partial charge is 0.486 e. The summed E-state index contributed by atoms with van der Waals surface area (Å²) < 4.78 is 29.0. The Kier molecular flexibility index (Phi) is 9.90. The number of carbonyl (C=O) groups is 3. The Morgan fingerprint density at radius 3 is 2.39 bits per heavy atom. The highest BCUT2D eigenvalue weighted by Crippen LogP contribution is 2.13. The first-order valence-electron chi connectivity index (χ1n) is 10.1. The van der Waals surface area contributed by atoms with Gasteiger partial charge in [-0.3, -0.25) is 9.59 Å². The molecule has 0 saturated heterocycles. The number of rotatable bonds is 11. The van der Waals surface area contributed by atoms with E-state index < -0.39 is 35.1 Å². The number of benzene rings is 1. The molecule has 0 heterocycles. The first kappa shape index (κ1) is 26.4. The molecule has 0 saturated carbocycles. The van der Waals surface area contributed by atoms with Crippen LogP contribution in [0, 0.1) is 5.82 Å². The molecule has 1 aromatic rings. The molecule has 9 heteroatoms. The fourth-order valence-corrected chi connectivity index (χ4v) is 2.36. The van der Waals surface area contributed by atoms with Gasteiger partial charge in [0.25, 0.3) is 5.91 Å². The molecule has 0 radical (unpaired) electrons. The molecule has 0 aliphatic heterocycles. The van der Waals surface area contributed by atoms with Crippen molar-refractivity contribution in [1.82, 2.24) is 10.6 Å². The first-order valence-corrected chi connectivity index (χ1v) is 10.1.